The minimum atomic E-state index is -4.31. The second-order valence-electron chi connectivity index (χ2n) is 3.52. The molecule has 0 N–H and O–H groups in total. The fourth-order valence-corrected chi connectivity index (χ4v) is 3.90. The summed E-state index contributed by atoms with van der Waals surface area (Å²) in [7, 11) is 0. The Kier molecular flexibility index (Phi) is 3.94. The Bertz CT molecular complexity index is 561. The van der Waals surface area contributed by atoms with Crippen LogP contribution in [-0.4, -0.2) is 6.26 Å². The summed E-state index contributed by atoms with van der Waals surface area (Å²) >= 11 is 8.06. The average molecular weight is 309 g/mol. The standard InChI is InChI=1S/C12H8ClF3S2/c1-17-11-9(12(14,15)16)6-18-10(11)7-3-2-4-8(13)5-7/h2-6H,1H3. The quantitative estimate of drug-likeness (QED) is 0.631. The summed E-state index contributed by atoms with van der Waals surface area (Å²) in [4.78, 5) is 0.868. The zero-order valence-electron chi connectivity index (χ0n) is 9.22. The number of rotatable bonds is 2. The van der Waals surface area contributed by atoms with Crippen LogP contribution in [0.15, 0.2) is 34.5 Å². The van der Waals surface area contributed by atoms with E-state index in [0.717, 1.165) is 28.5 Å². The Balaban J connectivity index is 2.56. The second kappa shape index (κ2) is 5.15. The van der Waals surface area contributed by atoms with E-state index in [1.54, 1.807) is 30.5 Å². The lowest BCUT2D eigenvalue weighted by atomic mass is 10.1. The molecule has 0 atom stereocenters. The Labute approximate surface area is 116 Å². The summed E-state index contributed by atoms with van der Waals surface area (Å²) < 4.78 is 38.4. The summed E-state index contributed by atoms with van der Waals surface area (Å²) in [5, 5.41) is 1.67. The minimum Gasteiger partial charge on any atom is -0.166 e. The normalized spacial score (nSPS) is 11.8. The number of thiophene rings is 1. The van der Waals surface area contributed by atoms with E-state index in [2.05, 4.69) is 0 Å². The van der Waals surface area contributed by atoms with Crippen LogP contribution in [0.3, 0.4) is 0 Å². The number of alkyl halides is 3. The van der Waals surface area contributed by atoms with Crippen molar-refractivity contribution in [2.75, 3.05) is 6.26 Å². The molecule has 1 heterocycles. The second-order valence-corrected chi connectivity index (χ2v) is 5.65. The van der Waals surface area contributed by atoms with E-state index in [1.165, 1.54) is 0 Å². The maximum absolute atomic E-state index is 12.8. The molecule has 0 unspecified atom stereocenters. The largest absolute Gasteiger partial charge is 0.418 e. The van der Waals surface area contributed by atoms with Crippen molar-refractivity contribution in [2.24, 2.45) is 0 Å². The fourth-order valence-electron chi connectivity index (χ4n) is 1.57. The topological polar surface area (TPSA) is 0 Å². The fraction of sp³-hybridized carbons (Fsp3) is 0.167. The van der Waals surface area contributed by atoms with Crippen LogP contribution in [0.2, 0.25) is 5.02 Å². The molecule has 0 nitrogen and oxygen atoms in total. The minimum absolute atomic E-state index is 0.259. The molecule has 0 bridgehead atoms. The molecule has 0 amide bonds. The smallest absolute Gasteiger partial charge is 0.166 e. The Morgan fingerprint density at radius 2 is 2.00 bits per heavy atom. The molecule has 0 radical (unpaired) electrons. The summed E-state index contributed by atoms with van der Waals surface area (Å²) in [6.07, 6.45) is -2.67. The van der Waals surface area contributed by atoms with Gasteiger partial charge in [0.25, 0.3) is 0 Å². The van der Waals surface area contributed by atoms with Crippen molar-refractivity contribution in [3.8, 4) is 10.4 Å². The number of halogens is 4. The third-order valence-electron chi connectivity index (χ3n) is 2.34. The Morgan fingerprint density at radius 1 is 1.28 bits per heavy atom. The Hall–Kier alpha value is -0.650. The van der Waals surface area contributed by atoms with Gasteiger partial charge >= 0.3 is 6.18 Å². The molecule has 0 saturated heterocycles. The molecule has 1 aromatic heterocycles. The molecule has 0 aliphatic rings. The maximum atomic E-state index is 12.8. The highest BCUT2D eigenvalue weighted by Gasteiger charge is 2.35. The van der Waals surface area contributed by atoms with Crippen LogP contribution in [0.1, 0.15) is 5.56 Å². The zero-order chi connectivity index (χ0) is 13.3. The molecular weight excluding hydrogens is 301 g/mol. The number of benzene rings is 1. The van der Waals surface area contributed by atoms with E-state index in [-0.39, 0.29) is 4.90 Å². The van der Waals surface area contributed by atoms with Gasteiger partial charge in [-0.05, 0) is 24.0 Å². The number of hydrogen-bond acceptors (Lipinski definition) is 2. The first-order valence-corrected chi connectivity index (χ1v) is 7.40. The van der Waals surface area contributed by atoms with Gasteiger partial charge in [0.05, 0.1) is 5.56 Å². The van der Waals surface area contributed by atoms with Crippen LogP contribution in [0.25, 0.3) is 10.4 Å². The third-order valence-corrected chi connectivity index (χ3v) is 4.57. The Morgan fingerprint density at radius 3 is 2.56 bits per heavy atom. The van der Waals surface area contributed by atoms with E-state index in [0.29, 0.717) is 15.5 Å². The predicted octanol–water partition coefficient (Wildman–Crippen LogP) is 5.81. The van der Waals surface area contributed by atoms with Gasteiger partial charge in [-0.2, -0.15) is 13.2 Å². The van der Waals surface area contributed by atoms with Crippen LogP contribution >= 0.6 is 34.7 Å². The average Bonchev–Trinajstić information content (AvgIpc) is 2.72. The van der Waals surface area contributed by atoms with Crippen LogP contribution in [-0.2, 0) is 6.18 Å². The van der Waals surface area contributed by atoms with Crippen molar-refractivity contribution in [2.45, 2.75) is 11.1 Å². The van der Waals surface area contributed by atoms with Crippen LogP contribution < -0.4 is 0 Å². The van der Waals surface area contributed by atoms with Crippen LogP contribution in [0.4, 0.5) is 13.2 Å². The van der Waals surface area contributed by atoms with E-state index in [1.807, 2.05) is 0 Å². The van der Waals surface area contributed by atoms with E-state index in [9.17, 15) is 13.2 Å². The summed E-state index contributed by atoms with van der Waals surface area (Å²) in [6.45, 7) is 0. The molecule has 96 valence electrons. The maximum Gasteiger partial charge on any atom is 0.418 e. The molecule has 2 rings (SSSR count). The molecule has 1 aromatic carbocycles. The van der Waals surface area contributed by atoms with Gasteiger partial charge in [-0.15, -0.1) is 23.1 Å². The first-order chi connectivity index (χ1) is 8.43. The molecular formula is C12H8ClF3S2. The summed E-state index contributed by atoms with van der Waals surface area (Å²) in [5.74, 6) is 0. The molecule has 0 aliphatic heterocycles. The van der Waals surface area contributed by atoms with Crippen molar-refractivity contribution in [3.63, 3.8) is 0 Å². The van der Waals surface area contributed by atoms with Gasteiger partial charge in [-0.1, -0.05) is 23.7 Å². The molecule has 0 spiro atoms. The number of hydrogen-bond donors (Lipinski definition) is 0. The molecule has 6 heteroatoms. The van der Waals surface area contributed by atoms with Gasteiger partial charge in [0.15, 0.2) is 0 Å². The molecule has 0 fully saturated rings. The van der Waals surface area contributed by atoms with E-state index < -0.39 is 11.7 Å². The van der Waals surface area contributed by atoms with Crippen molar-refractivity contribution in [3.05, 3.63) is 40.2 Å². The zero-order valence-corrected chi connectivity index (χ0v) is 11.6. The predicted molar refractivity (Wildman–Crippen MR) is 71.5 cm³/mol. The van der Waals surface area contributed by atoms with Crippen molar-refractivity contribution < 1.29 is 13.2 Å². The SMILES string of the molecule is CSc1c(C(F)(F)F)csc1-c1cccc(Cl)c1. The van der Waals surface area contributed by atoms with E-state index >= 15 is 0 Å². The van der Waals surface area contributed by atoms with Gasteiger partial charge in [0.1, 0.15) is 0 Å². The monoisotopic (exact) mass is 308 g/mol. The lowest BCUT2D eigenvalue weighted by Crippen LogP contribution is -2.04. The lowest BCUT2D eigenvalue weighted by Gasteiger charge is -2.08. The van der Waals surface area contributed by atoms with E-state index in [4.69, 9.17) is 11.6 Å². The van der Waals surface area contributed by atoms with Crippen molar-refractivity contribution in [1.29, 1.82) is 0 Å². The molecule has 0 saturated carbocycles. The first-order valence-electron chi connectivity index (χ1n) is 4.92. The summed E-state index contributed by atoms with van der Waals surface area (Å²) in [5.41, 5.74) is 0.141. The molecule has 18 heavy (non-hydrogen) atoms. The lowest BCUT2D eigenvalue weighted by molar-refractivity contribution is -0.139. The van der Waals surface area contributed by atoms with Gasteiger partial charge in [0, 0.05) is 20.2 Å². The van der Waals surface area contributed by atoms with Gasteiger partial charge in [-0.25, -0.2) is 0 Å². The first kappa shape index (κ1) is 13.8. The molecule has 2 aromatic rings. The van der Waals surface area contributed by atoms with Gasteiger partial charge < -0.3 is 0 Å². The van der Waals surface area contributed by atoms with Crippen LogP contribution in [0, 0.1) is 0 Å². The highest BCUT2D eigenvalue weighted by molar-refractivity contribution is 7.99. The highest BCUT2D eigenvalue weighted by Crippen LogP contribution is 2.45. The third kappa shape index (κ3) is 2.68. The van der Waals surface area contributed by atoms with Crippen molar-refractivity contribution >= 4 is 34.7 Å². The number of thioether (sulfide) groups is 1. The van der Waals surface area contributed by atoms with Gasteiger partial charge in [-0.3, -0.25) is 0 Å². The van der Waals surface area contributed by atoms with Gasteiger partial charge in [0.2, 0.25) is 0 Å². The summed E-state index contributed by atoms with van der Waals surface area (Å²) in [6, 6.07) is 6.86. The highest BCUT2D eigenvalue weighted by atomic mass is 35.5. The molecule has 0 aliphatic carbocycles. The van der Waals surface area contributed by atoms with Crippen LogP contribution in [0.5, 0.6) is 0 Å². The van der Waals surface area contributed by atoms with Crippen molar-refractivity contribution in [1.82, 2.24) is 0 Å².